The number of alkyl halides is 3. The van der Waals surface area contributed by atoms with Crippen LogP contribution in [0, 0.1) is 6.92 Å². The fourth-order valence-electron chi connectivity index (χ4n) is 3.52. The molecule has 0 aliphatic carbocycles. The number of hydrogen-bond donors (Lipinski definition) is 3. The molecule has 0 amide bonds. The standard InChI is InChI=1S/C25H28N2O4S.C2HF3O2/c1-3-4-16-27(18-20-11-6-5-7-12-20)23-15-14-21(25(28)29)17-22(23)26-32(30,31)24-13-9-8-10-19(24)2;3-2(4,5)1(6)7/h5-15,17,26H,3-4,16,18H2,1-2H3,(H,28,29);(H,6,7). The predicted molar refractivity (Wildman–Crippen MR) is 141 cm³/mol. The lowest BCUT2D eigenvalue weighted by molar-refractivity contribution is -0.192. The van der Waals surface area contributed by atoms with Crippen LogP contribution in [0.15, 0.2) is 77.7 Å². The van der Waals surface area contributed by atoms with E-state index in [1.807, 2.05) is 30.3 Å². The Kier molecular flexibility index (Phi) is 10.9. The number of anilines is 2. The number of aliphatic carboxylic acids is 1. The smallest absolute Gasteiger partial charge is 0.478 e. The van der Waals surface area contributed by atoms with E-state index in [-0.39, 0.29) is 16.1 Å². The van der Waals surface area contributed by atoms with Crippen LogP contribution in [0.1, 0.15) is 41.3 Å². The third kappa shape index (κ3) is 9.32. The van der Waals surface area contributed by atoms with Crippen molar-refractivity contribution in [3.05, 3.63) is 89.5 Å². The van der Waals surface area contributed by atoms with Gasteiger partial charge in [0.15, 0.2) is 0 Å². The van der Waals surface area contributed by atoms with Crippen molar-refractivity contribution < 1.29 is 41.4 Å². The number of hydrogen-bond acceptors (Lipinski definition) is 5. The summed E-state index contributed by atoms with van der Waals surface area (Å²) in [5.74, 6) is -3.87. The molecule has 0 aliphatic rings. The quantitative estimate of drug-likeness (QED) is 0.278. The van der Waals surface area contributed by atoms with E-state index in [1.54, 1.807) is 31.2 Å². The molecule has 0 saturated heterocycles. The monoisotopic (exact) mass is 566 g/mol. The Hall–Kier alpha value is -4.06. The van der Waals surface area contributed by atoms with Gasteiger partial charge in [0.05, 0.1) is 21.8 Å². The summed E-state index contributed by atoms with van der Waals surface area (Å²) in [7, 11) is -3.91. The molecule has 39 heavy (non-hydrogen) atoms. The first-order chi connectivity index (χ1) is 18.3. The van der Waals surface area contributed by atoms with Crippen molar-refractivity contribution in [2.45, 2.75) is 44.3 Å². The SMILES string of the molecule is CCCCN(Cc1ccccc1)c1ccc(C(=O)O)cc1NS(=O)(=O)c1ccccc1C.O=C(O)C(F)(F)F. The van der Waals surface area contributed by atoms with Gasteiger partial charge >= 0.3 is 18.1 Å². The first-order valence-corrected chi connectivity index (χ1v) is 13.3. The van der Waals surface area contributed by atoms with E-state index >= 15 is 0 Å². The highest BCUT2D eigenvalue weighted by molar-refractivity contribution is 7.92. The number of aryl methyl sites for hydroxylation is 1. The van der Waals surface area contributed by atoms with E-state index in [2.05, 4.69) is 16.5 Å². The second kappa shape index (κ2) is 13.7. The van der Waals surface area contributed by atoms with Crippen molar-refractivity contribution in [3.63, 3.8) is 0 Å². The topological polar surface area (TPSA) is 124 Å². The third-order valence-electron chi connectivity index (χ3n) is 5.45. The molecule has 0 bridgehead atoms. The van der Waals surface area contributed by atoms with Crippen molar-refractivity contribution >= 4 is 33.3 Å². The molecule has 3 aromatic rings. The first kappa shape index (κ1) is 31.2. The Morgan fingerprint density at radius 3 is 2.08 bits per heavy atom. The molecule has 0 atom stereocenters. The van der Waals surface area contributed by atoms with Gasteiger partial charge in [0, 0.05) is 13.1 Å². The first-order valence-electron chi connectivity index (χ1n) is 11.8. The Bertz CT molecular complexity index is 1380. The molecule has 210 valence electrons. The second-order valence-electron chi connectivity index (χ2n) is 8.47. The molecular formula is C27H29F3N2O6S. The highest BCUT2D eigenvalue weighted by atomic mass is 32.2. The predicted octanol–water partition coefficient (Wildman–Crippen LogP) is 5.93. The van der Waals surface area contributed by atoms with Crippen molar-refractivity contribution in [2.24, 2.45) is 0 Å². The third-order valence-corrected chi connectivity index (χ3v) is 6.98. The Balaban J connectivity index is 0.000000673. The summed E-state index contributed by atoms with van der Waals surface area (Å²) in [6.07, 6.45) is -3.19. The molecule has 0 aromatic heterocycles. The van der Waals surface area contributed by atoms with Crippen LogP contribution in [-0.2, 0) is 21.4 Å². The van der Waals surface area contributed by atoms with Crippen molar-refractivity contribution in [1.82, 2.24) is 0 Å². The van der Waals surface area contributed by atoms with Gasteiger partial charge in [0.1, 0.15) is 0 Å². The number of nitrogens with one attached hydrogen (secondary N) is 1. The molecule has 8 nitrogen and oxygen atoms in total. The zero-order chi connectivity index (χ0) is 29.2. The number of halogens is 3. The van der Waals surface area contributed by atoms with E-state index in [9.17, 15) is 31.5 Å². The molecule has 0 spiro atoms. The van der Waals surface area contributed by atoms with Gasteiger partial charge in [0.25, 0.3) is 10.0 Å². The minimum Gasteiger partial charge on any atom is -0.478 e. The molecule has 12 heteroatoms. The number of unbranched alkanes of at least 4 members (excludes halogenated alkanes) is 1. The Morgan fingerprint density at radius 2 is 1.54 bits per heavy atom. The van der Waals surface area contributed by atoms with Crippen LogP contribution < -0.4 is 9.62 Å². The summed E-state index contributed by atoms with van der Waals surface area (Å²) in [5, 5.41) is 16.6. The number of benzene rings is 3. The Morgan fingerprint density at radius 1 is 0.949 bits per heavy atom. The van der Waals surface area contributed by atoms with Crippen molar-refractivity contribution in [2.75, 3.05) is 16.2 Å². The van der Waals surface area contributed by atoms with E-state index in [4.69, 9.17) is 9.90 Å². The van der Waals surface area contributed by atoms with Gasteiger partial charge in [-0.2, -0.15) is 13.2 Å². The number of carboxylic acids is 2. The maximum atomic E-state index is 13.2. The fourth-order valence-corrected chi connectivity index (χ4v) is 4.83. The van der Waals surface area contributed by atoms with Crippen LogP contribution in [0.2, 0.25) is 0 Å². The summed E-state index contributed by atoms with van der Waals surface area (Å²) in [5.41, 5.74) is 2.61. The number of nitrogens with zero attached hydrogens (tertiary/aromatic N) is 1. The maximum Gasteiger partial charge on any atom is 0.490 e. The molecule has 0 fully saturated rings. The average Bonchev–Trinajstić information content (AvgIpc) is 2.87. The number of carboxylic acid groups (broad SMARTS) is 2. The van der Waals surface area contributed by atoms with E-state index in [0.29, 0.717) is 24.3 Å². The normalized spacial score (nSPS) is 11.2. The molecule has 0 heterocycles. The van der Waals surface area contributed by atoms with Crippen LogP contribution in [0.4, 0.5) is 24.5 Å². The summed E-state index contributed by atoms with van der Waals surface area (Å²) in [6, 6.07) is 21.2. The van der Waals surface area contributed by atoms with Crippen molar-refractivity contribution in [3.8, 4) is 0 Å². The van der Waals surface area contributed by atoms with Crippen LogP contribution in [0.5, 0.6) is 0 Å². The molecule has 3 aromatic carbocycles. The number of aromatic carboxylic acids is 1. The summed E-state index contributed by atoms with van der Waals surface area (Å²) < 4.78 is 60.7. The zero-order valence-corrected chi connectivity index (χ0v) is 22.1. The number of sulfonamides is 1. The molecule has 3 N–H and O–H groups in total. The van der Waals surface area contributed by atoms with E-state index in [1.165, 1.54) is 18.2 Å². The van der Waals surface area contributed by atoms with Crippen LogP contribution in [0.3, 0.4) is 0 Å². The molecule has 3 rings (SSSR count). The van der Waals surface area contributed by atoms with Crippen LogP contribution in [-0.4, -0.2) is 43.3 Å². The van der Waals surface area contributed by atoms with Gasteiger partial charge in [-0.3, -0.25) is 4.72 Å². The summed E-state index contributed by atoms with van der Waals surface area (Å²) >= 11 is 0. The van der Waals surface area contributed by atoms with Gasteiger partial charge in [-0.25, -0.2) is 18.0 Å². The van der Waals surface area contributed by atoms with E-state index in [0.717, 1.165) is 18.4 Å². The minimum absolute atomic E-state index is 0.0198. The molecule has 0 radical (unpaired) electrons. The van der Waals surface area contributed by atoms with E-state index < -0.39 is 28.1 Å². The largest absolute Gasteiger partial charge is 0.490 e. The van der Waals surface area contributed by atoms with Gasteiger partial charge in [0.2, 0.25) is 0 Å². The van der Waals surface area contributed by atoms with Gasteiger partial charge in [-0.05, 0) is 48.7 Å². The minimum atomic E-state index is -5.08. The van der Waals surface area contributed by atoms with Crippen LogP contribution >= 0.6 is 0 Å². The zero-order valence-electron chi connectivity index (χ0n) is 21.3. The van der Waals surface area contributed by atoms with Gasteiger partial charge in [-0.1, -0.05) is 61.9 Å². The van der Waals surface area contributed by atoms with Gasteiger partial charge < -0.3 is 15.1 Å². The highest BCUT2D eigenvalue weighted by Crippen LogP contribution is 2.32. The van der Waals surface area contributed by atoms with Gasteiger partial charge in [-0.15, -0.1) is 0 Å². The average molecular weight is 567 g/mol. The maximum absolute atomic E-state index is 13.2. The lowest BCUT2D eigenvalue weighted by Crippen LogP contribution is -2.26. The molecular weight excluding hydrogens is 537 g/mol. The Labute approximate surface area is 224 Å². The molecule has 0 aliphatic heterocycles. The molecule has 0 unspecified atom stereocenters. The summed E-state index contributed by atoms with van der Waals surface area (Å²) in [6.45, 7) is 5.10. The second-order valence-corrected chi connectivity index (χ2v) is 10.1. The lowest BCUT2D eigenvalue weighted by atomic mass is 10.1. The highest BCUT2D eigenvalue weighted by Gasteiger charge is 2.38. The van der Waals surface area contributed by atoms with Crippen LogP contribution in [0.25, 0.3) is 0 Å². The van der Waals surface area contributed by atoms with Crippen molar-refractivity contribution in [1.29, 1.82) is 0 Å². The number of rotatable bonds is 10. The lowest BCUT2D eigenvalue weighted by Gasteiger charge is -2.28. The summed E-state index contributed by atoms with van der Waals surface area (Å²) in [4.78, 5) is 22.7. The number of carbonyl (C=O) groups is 2. The molecule has 0 saturated carbocycles. The fraction of sp³-hybridized carbons (Fsp3) is 0.259.